The van der Waals surface area contributed by atoms with Crippen molar-refractivity contribution in [2.24, 2.45) is 5.73 Å². The van der Waals surface area contributed by atoms with E-state index in [2.05, 4.69) is 44.3 Å². The van der Waals surface area contributed by atoms with E-state index in [1.165, 1.54) is 31.2 Å². The smallest absolute Gasteiger partial charge is 0.0701 e. The van der Waals surface area contributed by atoms with Crippen LogP contribution in [0.3, 0.4) is 0 Å². The molecule has 1 aliphatic carbocycles. The van der Waals surface area contributed by atoms with Crippen LogP contribution in [0, 0.1) is 0 Å². The Morgan fingerprint density at radius 3 is 2.95 bits per heavy atom. The summed E-state index contributed by atoms with van der Waals surface area (Å²) in [7, 11) is 0. The van der Waals surface area contributed by atoms with Crippen molar-refractivity contribution < 1.29 is 0 Å². The van der Waals surface area contributed by atoms with Gasteiger partial charge in [-0.25, -0.2) is 0 Å². The zero-order valence-electron chi connectivity index (χ0n) is 10.8. The van der Waals surface area contributed by atoms with E-state index in [9.17, 15) is 0 Å². The van der Waals surface area contributed by atoms with Gasteiger partial charge in [0.05, 0.1) is 15.5 Å². The highest BCUT2D eigenvalue weighted by molar-refractivity contribution is 9.11. The summed E-state index contributed by atoms with van der Waals surface area (Å²) in [5.41, 5.74) is 8.53. The van der Waals surface area contributed by atoms with Crippen LogP contribution in [-0.2, 0) is 6.42 Å². The van der Waals surface area contributed by atoms with Crippen molar-refractivity contribution in [1.29, 1.82) is 0 Å². The van der Waals surface area contributed by atoms with Gasteiger partial charge in [-0.05, 0) is 51.8 Å². The van der Waals surface area contributed by atoms with Crippen molar-refractivity contribution in [3.8, 4) is 0 Å². The molecule has 0 radical (unpaired) electrons. The Kier molecular flexibility index (Phi) is 4.05. The number of halogens is 1. The molecule has 1 aliphatic rings. The van der Waals surface area contributed by atoms with Gasteiger partial charge < -0.3 is 5.73 Å². The predicted octanol–water partition coefficient (Wildman–Crippen LogP) is 4.06. The normalized spacial score (nSPS) is 18.0. The number of rotatable bonds is 4. The Morgan fingerprint density at radius 1 is 1.47 bits per heavy atom. The molecule has 1 fully saturated rings. The van der Waals surface area contributed by atoms with Gasteiger partial charge in [0, 0.05) is 18.7 Å². The van der Waals surface area contributed by atoms with Gasteiger partial charge in [-0.2, -0.15) is 5.10 Å². The van der Waals surface area contributed by atoms with Crippen molar-refractivity contribution >= 4 is 27.3 Å². The van der Waals surface area contributed by atoms with Crippen molar-refractivity contribution in [2.75, 3.05) is 0 Å². The number of aromatic nitrogens is 2. The number of nitrogens with zero attached hydrogens (tertiary/aromatic N) is 2. The van der Waals surface area contributed by atoms with Gasteiger partial charge in [0.2, 0.25) is 0 Å². The molecule has 0 aromatic carbocycles. The largest absolute Gasteiger partial charge is 0.324 e. The molecule has 102 valence electrons. The SMILES string of the molecule is NC(Cc1ccn(C2CCCC2)n1)c1csc(Br)c1. The average Bonchev–Trinajstić information content (AvgIpc) is 3.07. The Labute approximate surface area is 125 Å². The van der Waals surface area contributed by atoms with Crippen LogP contribution in [0.2, 0.25) is 0 Å². The highest BCUT2D eigenvalue weighted by Crippen LogP contribution is 2.29. The summed E-state index contributed by atoms with van der Waals surface area (Å²) in [6, 6.07) is 4.86. The van der Waals surface area contributed by atoms with E-state index in [-0.39, 0.29) is 6.04 Å². The van der Waals surface area contributed by atoms with Crippen molar-refractivity contribution in [2.45, 2.75) is 44.2 Å². The van der Waals surface area contributed by atoms with Gasteiger partial charge in [0.15, 0.2) is 0 Å². The topological polar surface area (TPSA) is 43.8 Å². The molecule has 0 bridgehead atoms. The number of nitrogens with two attached hydrogens (primary N) is 1. The Bertz CT molecular complexity index is 542. The second-order valence-electron chi connectivity index (χ2n) is 5.22. The van der Waals surface area contributed by atoms with Crippen LogP contribution in [0.4, 0.5) is 0 Å². The molecular weight excluding hydrogens is 322 g/mol. The second kappa shape index (κ2) is 5.77. The number of hydrogen-bond donors (Lipinski definition) is 1. The first kappa shape index (κ1) is 13.3. The molecule has 2 heterocycles. The average molecular weight is 340 g/mol. The minimum absolute atomic E-state index is 0.0366. The molecule has 3 rings (SSSR count). The maximum Gasteiger partial charge on any atom is 0.0701 e. The monoisotopic (exact) mass is 339 g/mol. The summed E-state index contributed by atoms with van der Waals surface area (Å²) in [5.74, 6) is 0. The van der Waals surface area contributed by atoms with Crippen LogP contribution in [-0.4, -0.2) is 9.78 Å². The van der Waals surface area contributed by atoms with Crippen molar-refractivity contribution in [3.05, 3.63) is 38.8 Å². The fraction of sp³-hybridized carbons (Fsp3) is 0.500. The maximum atomic E-state index is 6.24. The van der Waals surface area contributed by atoms with Gasteiger partial charge in [0.25, 0.3) is 0 Å². The summed E-state index contributed by atoms with van der Waals surface area (Å²) in [5, 5.41) is 6.81. The van der Waals surface area contributed by atoms with E-state index in [0.717, 1.165) is 15.9 Å². The summed E-state index contributed by atoms with van der Waals surface area (Å²) in [4.78, 5) is 0. The lowest BCUT2D eigenvalue weighted by atomic mass is 10.1. The van der Waals surface area contributed by atoms with E-state index in [0.29, 0.717) is 6.04 Å². The maximum absolute atomic E-state index is 6.24. The first-order valence-electron chi connectivity index (χ1n) is 6.76. The van der Waals surface area contributed by atoms with E-state index >= 15 is 0 Å². The minimum atomic E-state index is 0.0366. The van der Waals surface area contributed by atoms with Gasteiger partial charge in [-0.3, -0.25) is 4.68 Å². The molecule has 0 aliphatic heterocycles. The second-order valence-corrected chi connectivity index (χ2v) is 7.51. The third-order valence-electron chi connectivity index (χ3n) is 3.81. The molecule has 3 nitrogen and oxygen atoms in total. The fourth-order valence-electron chi connectivity index (χ4n) is 2.72. The van der Waals surface area contributed by atoms with Gasteiger partial charge in [-0.1, -0.05) is 12.8 Å². The first-order chi connectivity index (χ1) is 9.22. The van der Waals surface area contributed by atoms with Crippen molar-refractivity contribution in [3.63, 3.8) is 0 Å². The highest BCUT2D eigenvalue weighted by atomic mass is 79.9. The summed E-state index contributed by atoms with van der Waals surface area (Å²) in [6.07, 6.45) is 8.13. The molecule has 5 heteroatoms. The molecule has 0 saturated heterocycles. The first-order valence-corrected chi connectivity index (χ1v) is 8.43. The molecule has 2 N–H and O–H groups in total. The van der Waals surface area contributed by atoms with Crippen LogP contribution in [0.15, 0.2) is 27.5 Å². The quantitative estimate of drug-likeness (QED) is 0.912. The Hall–Kier alpha value is -0.650. The van der Waals surface area contributed by atoms with Crippen molar-refractivity contribution in [1.82, 2.24) is 9.78 Å². The van der Waals surface area contributed by atoms with Gasteiger partial charge in [-0.15, -0.1) is 11.3 Å². The lowest BCUT2D eigenvalue weighted by Crippen LogP contribution is -2.13. The standard InChI is InChI=1S/C14H18BrN3S/c15-14-7-10(9-19-14)13(16)8-11-5-6-18(17-11)12-3-1-2-4-12/h5-7,9,12-13H,1-4,8,16H2. The molecule has 0 spiro atoms. The van der Waals surface area contributed by atoms with E-state index in [1.807, 2.05) is 0 Å². The van der Waals surface area contributed by atoms with Crippen LogP contribution >= 0.6 is 27.3 Å². The molecule has 1 atom stereocenters. The van der Waals surface area contributed by atoms with E-state index < -0.39 is 0 Å². The highest BCUT2D eigenvalue weighted by Gasteiger charge is 2.18. The van der Waals surface area contributed by atoms with E-state index in [1.54, 1.807) is 11.3 Å². The Morgan fingerprint density at radius 2 is 2.26 bits per heavy atom. The zero-order chi connectivity index (χ0) is 13.2. The fourth-order valence-corrected chi connectivity index (χ4v) is 3.96. The summed E-state index contributed by atoms with van der Waals surface area (Å²) < 4.78 is 3.27. The number of hydrogen-bond acceptors (Lipinski definition) is 3. The molecule has 2 aromatic rings. The van der Waals surface area contributed by atoms with Gasteiger partial charge >= 0.3 is 0 Å². The van der Waals surface area contributed by atoms with E-state index in [4.69, 9.17) is 10.8 Å². The molecule has 2 aromatic heterocycles. The third kappa shape index (κ3) is 3.09. The van der Waals surface area contributed by atoms with Crippen LogP contribution in [0.1, 0.15) is 49.0 Å². The molecule has 19 heavy (non-hydrogen) atoms. The summed E-state index contributed by atoms with van der Waals surface area (Å²) >= 11 is 5.16. The molecular formula is C14H18BrN3S. The minimum Gasteiger partial charge on any atom is -0.324 e. The number of thiophene rings is 1. The third-order valence-corrected chi connectivity index (χ3v) is 5.33. The van der Waals surface area contributed by atoms with Crippen LogP contribution < -0.4 is 5.73 Å². The lowest BCUT2D eigenvalue weighted by Gasteiger charge is -2.10. The predicted molar refractivity (Wildman–Crippen MR) is 82.4 cm³/mol. The molecule has 1 unspecified atom stereocenters. The Balaban J connectivity index is 1.66. The van der Waals surface area contributed by atoms with Crippen LogP contribution in [0.5, 0.6) is 0 Å². The van der Waals surface area contributed by atoms with Gasteiger partial charge in [0.1, 0.15) is 0 Å². The summed E-state index contributed by atoms with van der Waals surface area (Å²) in [6.45, 7) is 0. The zero-order valence-corrected chi connectivity index (χ0v) is 13.2. The lowest BCUT2D eigenvalue weighted by molar-refractivity contribution is 0.461. The van der Waals surface area contributed by atoms with Crippen LogP contribution in [0.25, 0.3) is 0 Å². The molecule has 1 saturated carbocycles. The molecule has 0 amide bonds.